The maximum absolute atomic E-state index is 2.37. The zero-order valence-corrected chi connectivity index (χ0v) is 62.4. The van der Waals surface area contributed by atoms with Crippen LogP contribution in [0.4, 0.5) is 34.1 Å². The van der Waals surface area contributed by atoms with Crippen LogP contribution >= 0.6 is 0 Å². The van der Waals surface area contributed by atoms with Crippen LogP contribution in [0.5, 0.6) is 0 Å². The van der Waals surface area contributed by atoms with Crippen molar-refractivity contribution in [3.05, 3.63) is 448 Å². The standard InChI is InChI=1S/C56H38N2.C53H38N2/c1-3-15-49-41(11-1)13-9-19-51(49)43-25-23-39(24-26-43)40-27-31-45(32-28-40)57(46-33-29-44(30-34-46)52-20-10-14-42-12-2-4-16-50(42)52)47-35-37-48(38-36-47)58-55-21-7-5-17-53(55)54-18-6-8-22-56(54)58;1-37-17-19-38(20-18-37)39-21-23-40(24-22-39)41-25-29-44(30-26-41)54(45-31-27-43(28-32-45)49-14-8-10-42-9-2-3-11-48(42)49)46-33-35-47(36-34-46)55-52-15-6-4-12-50(52)51-13-5-7-16-53(51)55/h1-38H;2-36H,1H3. The van der Waals surface area contributed by atoms with E-state index in [1.807, 2.05) is 0 Å². The topological polar surface area (TPSA) is 16.3 Å². The summed E-state index contributed by atoms with van der Waals surface area (Å²) in [6.45, 7) is 2.13. The van der Waals surface area contributed by atoms with Crippen molar-refractivity contribution in [3.8, 4) is 78.1 Å². The minimum Gasteiger partial charge on any atom is -0.311 e. The van der Waals surface area contributed by atoms with Gasteiger partial charge in [0.1, 0.15) is 0 Å². The quantitative estimate of drug-likeness (QED) is 0.108. The normalized spacial score (nSPS) is 11.4. The number of para-hydroxylation sites is 4. The highest BCUT2D eigenvalue weighted by Gasteiger charge is 2.20. The molecule has 0 aliphatic heterocycles. The van der Waals surface area contributed by atoms with E-state index in [4.69, 9.17) is 0 Å². The number of anilines is 6. The zero-order chi connectivity index (χ0) is 75.1. The number of hydrogen-bond donors (Lipinski definition) is 0. The molecule has 0 radical (unpaired) electrons. The Morgan fingerprint density at radius 2 is 0.354 bits per heavy atom. The maximum atomic E-state index is 2.37. The fourth-order valence-corrected chi connectivity index (χ4v) is 16.9. The molecule has 21 rings (SSSR count). The minimum atomic E-state index is 1.09. The molecular weight excluding hydrogens is 1370 g/mol. The van der Waals surface area contributed by atoms with E-state index in [0.717, 1.165) is 45.5 Å². The molecular formula is C109H76N4. The summed E-state index contributed by atoms with van der Waals surface area (Å²) < 4.78 is 4.74. The van der Waals surface area contributed by atoms with Crippen molar-refractivity contribution in [3.63, 3.8) is 0 Å². The van der Waals surface area contributed by atoms with E-state index < -0.39 is 0 Å². The highest BCUT2D eigenvalue weighted by molar-refractivity contribution is 6.11. The van der Waals surface area contributed by atoms with Gasteiger partial charge in [0, 0.05) is 67.0 Å². The summed E-state index contributed by atoms with van der Waals surface area (Å²) in [5.74, 6) is 0. The molecule has 19 aromatic carbocycles. The number of hydrogen-bond acceptors (Lipinski definition) is 2. The highest BCUT2D eigenvalue weighted by atomic mass is 15.1. The van der Waals surface area contributed by atoms with Gasteiger partial charge in [-0.05, 0) is 227 Å². The molecule has 0 unspecified atom stereocenters. The first-order chi connectivity index (χ1) is 55.9. The molecule has 0 bridgehead atoms. The molecule has 0 amide bonds. The molecule has 0 spiro atoms. The lowest BCUT2D eigenvalue weighted by atomic mass is 9.96. The number of rotatable bonds is 14. The molecule has 0 saturated heterocycles. The van der Waals surface area contributed by atoms with Gasteiger partial charge in [-0.2, -0.15) is 0 Å². The van der Waals surface area contributed by atoms with E-state index >= 15 is 0 Å². The summed E-state index contributed by atoms with van der Waals surface area (Å²) in [7, 11) is 0. The second-order valence-corrected chi connectivity index (χ2v) is 29.2. The fourth-order valence-electron chi connectivity index (χ4n) is 16.9. The SMILES string of the molecule is Cc1ccc(-c2ccc(-c3ccc(N(c4ccc(-c5cccc6ccccc56)cc4)c4ccc(-n5c6ccccc6c6ccccc65)cc4)cc3)cc2)cc1.c1ccc2c(-c3ccc(-c4ccc(N(c5ccc(-c6cccc7ccccc67)cc5)c5ccc(-n6c7ccccc7c7ccccc76)cc5)cc4)cc3)cccc2c1. The van der Waals surface area contributed by atoms with Crippen LogP contribution in [0.25, 0.3) is 154 Å². The molecule has 0 saturated carbocycles. The number of benzene rings is 19. The predicted octanol–water partition coefficient (Wildman–Crippen LogP) is 30.3. The maximum Gasteiger partial charge on any atom is 0.0541 e. The largest absolute Gasteiger partial charge is 0.311 e. The molecule has 21 aromatic rings. The summed E-state index contributed by atoms with van der Waals surface area (Å²) in [6, 6.07) is 161. The third kappa shape index (κ3) is 12.8. The molecule has 0 fully saturated rings. The van der Waals surface area contributed by atoms with E-state index in [1.54, 1.807) is 0 Å². The Labute approximate surface area is 658 Å². The zero-order valence-electron chi connectivity index (χ0n) is 62.4. The van der Waals surface area contributed by atoms with Crippen LogP contribution in [0.2, 0.25) is 0 Å². The first-order valence-corrected chi connectivity index (χ1v) is 38.8. The molecule has 0 N–H and O–H groups in total. The van der Waals surface area contributed by atoms with Crippen molar-refractivity contribution in [2.45, 2.75) is 6.92 Å². The van der Waals surface area contributed by atoms with Gasteiger partial charge >= 0.3 is 0 Å². The van der Waals surface area contributed by atoms with E-state index in [1.165, 1.54) is 148 Å². The van der Waals surface area contributed by atoms with Crippen molar-refractivity contribution in [1.82, 2.24) is 9.13 Å². The molecule has 0 atom stereocenters. The van der Waals surface area contributed by atoms with Crippen LogP contribution < -0.4 is 9.80 Å². The van der Waals surface area contributed by atoms with Gasteiger partial charge in [-0.1, -0.05) is 327 Å². The Morgan fingerprint density at radius 3 is 0.628 bits per heavy atom. The molecule has 532 valence electrons. The van der Waals surface area contributed by atoms with Crippen LogP contribution in [0.1, 0.15) is 5.56 Å². The molecule has 113 heavy (non-hydrogen) atoms. The van der Waals surface area contributed by atoms with Crippen LogP contribution in [0.3, 0.4) is 0 Å². The van der Waals surface area contributed by atoms with Crippen LogP contribution in [-0.4, -0.2) is 9.13 Å². The lowest BCUT2D eigenvalue weighted by Gasteiger charge is -2.26. The van der Waals surface area contributed by atoms with Gasteiger partial charge < -0.3 is 18.9 Å². The molecule has 2 aromatic heterocycles. The van der Waals surface area contributed by atoms with Gasteiger partial charge in [0.05, 0.1) is 22.1 Å². The van der Waals surface area contributed by atoms with Crippen LogP contribution in [0.15, 0.2) is 443 Å². The Balaban J connectivity index is 0.000000147. The summed E-state index contributed by atoms with van der Waals surface area (Å²) in [6.07, 6.45) is 0. The second-order valence-electron chi connectivity index (χ2n) is 29.2. The first kappa shape index (κ1) is 67.5. The average Bonchev–Trinajstić information content (AvgIpc) is 1.61. The Morgan fingerprint density at radius 1 is 0.159 bits per heavy atom. The number of aryl methyl sites for hydroxylation is 1. The number of nitrogens with zero attached hydrogens (tertiary/aromatic N) is 4. The molecule has 0 aliphatic rings. The summed E-state index contributed by atoms with van der Waals surface area (Å²) in [4.78, 5) is 4.71. The molecule has 2 heterocycles. The van der Waals surface area contributed by atoms with Gasteiger partial charge in [-0.15, -0.1) is 0 Å². The Hall–Kier alpha value is -14.8. The van der Waals surface area contributed by atoms with Gasteiger partial charge in [-0.25, -0.2) is 0 Å². The highest BCUT2D eigenvalue weighted by Crippen LogP contribution is 2.44. The summed E-state index contributed by atoms with van der Waals surface area (Å²) in [5, 5.41) is 12.6. The minimum absolute atomic E-state index is 1.09. The van der Waals surface area contributed by atoms with Crippen molar-refractivity contribution in [2.24, 2.45) is 0 Å². The Bertz CT molecular complexity index is 6920. The number of aromatic nitrogens is 2. The van der Waals surface area contributed by atoms with Crippen molar-refractivity contribution < 1.29 is 0 Å². The fraction of sp³-hybridized carbons (Fsp3) is 0.00917. The third-order valence-corrected chi connectivity index (χ3v) is 22.5. The summed E-state index contributed by atoms with van der Waals surface area (Å²) >= 11 is 0. The van der Waals surface area contributed by atoms with Crippen molar-refractivity contribution in [1.29, 1.82) is 0 Å². The smallest absolute Gasteiger partial charge is 0.0541 e. The van der Waals surface area contributed by atoms with Crippen LogP contribution in [0, 0.1) is 6.92 Å². The number of fused-ring (bicyclic) bond motifs is 9. The van der Waals surface area contributed by atoms with E-state index in [9.17, 15) is 0 Å². The Kier molecular flexibility index (Phi) is 17.5. The van der Waals surface area contributed by atoms with Crippen LogP contribution in [-0.2, 0) is 0 Å². The summed E-state index contributed by atoms with van der Waals surface area (Å²) in [5.41, 5.74) is 29.5. The second kappa shape index (κ2) is 29.3. The van der Waals surface area contributed by atoms with Crippen molar-refractivity contribution >= 4 is 110 Å². The average molecular weight is 1440 g/mol. The van der Waals surface area contributed by atoms with Gasteiger partial charge in [0.2, 0.25) is 0 Å². The molecule has 0 aliphatic carbocycles. The van der Waals surface area contributed by atoms with Gasteiger partial charge in [0.25, 0.3) is 0 Å². The van der Waals surface area contributed by atoms with E-state index in [2.05, 4.69) is 469 Å². The van der Waals surface area contributed by atoms with E-state index in [0.29, 0.717) is 0 Å². The predicted molar refractivity (Wildman–Crippen MR) is 481 cm³/mol. The lowest BCUT2D eigenvalue weighted by Crippen LogP contribution is -2.10. The first-order valence-electron chi connectivity index (χ1n) is 38.8. The van der Waals surface area contributed by atoms with Gasteiger partial charge in [-0.3, -0.25) is 0 Å². The molecule has 4 nitrogen and oxygen atoms in total. The lowest BCUT2D eigenvalue weighted by molar-refractivity contribution is 1.17. The van der Waals surface area contributed by atoms with E-state index in [-0.39, 0.29) is 0 Å². The van der Waals surface area contributed by atoms with Gasteiger partial charge in [0.15, 0.2) is 0 Å². The van der Waals surface area contributed by atoms with Crippen molar-refractivity contribution in [2.75, 3.05) is 9.80 Å². The third-order valence-electron chi connectivity index (χ3n) is 22.5. The molecule has 4 heteroatoms. The monoisotopic (exact) mass is 1440 g/mol.